The smallest absolute Gasteiger partial charge is 0.355 e. The van der Waals surface area contributed by atoms with Crippen molar-refractivity contribution in [2.24, 2.45) is 5.92 Å². The predicted molar refractivity (Wildman–Crippen MR) is 98.4 cm³/mol. The number of rotatable bonds is 7. The zero-order chi connectivity index (χ0) is 21.6. The summed E-state index contributed by atoms with van der Waals surface area (Å²) >= 11 is 0. The summed E-state index contributed by atoms with van der Waals surface area (Å²) in [6.45, 7) is 3.37. The van der Waals surface area contributed by atoms with Gasteiger partial charge in [-0.3, -0.25) is 14.6 Å². The van der Waals surface area contributed by atoms with Crippen molar-refractivity contribution >= 4 is 11.8 Å². The largest absolute Gasteiger partial charge is 0.416 e. The van der Waals surface area contributed by atoms with E-state index >= 15 is 0 Å². The zero-order valence-electron chi connectivity index (χ0n) is 15.9. The third kappa shape index (κ3) is 6.27. The van der Waals surface area contributed by atoms with Crippen molar-refractivity contribution in [3.8, 4) is 0 Å². The van der Waals surface area contributed by atoms with E-state index in [9.17, 15) is 27.2 Å². The Morgan fingerprint density at radius 1 is 1.14 bits per heavy atom. The van der Waals surface area contributed by atoms with Gasteiger partial charge in [0.2, 0.25) is 5.91 Å². The Labute approximate surface area is 165 Å². The van der Waals surface area contributed by atoms with Crippen molar-refractivity contribution in [2.75, 3.05) is 6.54 Å². The summed E-state index contributed by atoms with van der Waals surface area (Å²) in [4.78, 5) is 28.2. The van der Waals surface area contributed by atoms with Gasteiger partial charge in [-0.05, 0) is 30.3 Å². The van der Waals surface area contributed by atoms with Gasteiger partial charge in [0.15, 0.2) is 0 Å². The summed E-state index contributed by atoms with van der Waals surface area (Å²) in [5.41, 5.74) is -0.647. The number of carbonyl (C=O) groups excluding carboxylic acids is 2. The lowest BCUT2D eigenvalue weighted by molar-refractivity contribution is -0.137. The number of nitrogens with one attached hydrogen (secondary N) is 2. The summed E-state index contributed by atoms with van der Waals surface area (Å²) in [6.07, 6.45) is -2.83. The first-order valence-electron chi connectivity index (χ1n) is 8.95. The minimum absolute atomic E-state index is 0.132. The van der Waals surface area contributed by atoms with Gasteiger partial charge in [0.1, 0.15) is 5.82 Å². The molecule has 5 nitrogen and oxygen atoms in total. The van der Waals surface area contributed by atoms with E-state index in [0.29, 0.717) is 24.2 Å². The van der Waals surface area contributed by atoms with E-state index in [2.05, 4.69) is 15.6 Å². The van der Waals surface area contributed by atoms with Crippen molar-refractivity contribution in [3.05, 3.63) is 64.7 Å². The van der Waals surface area contributed by atoms with Gasteiger partial charge in [0.25, 0.3) is 5.91 Å². The van der Waals surface area contributed by atoms with Crippen molar-refractivity contribution in [3.63, 3.8) is 0 Å². The molecule has 1 aromatic carbocycles. The molecule has 2 rings (SSSR count). The first-order chi connectivity index (χ1) is 13.6. The molecule has 29 heavy (non-hydrogen) atoms. The van der Waals surface area contributed by atoms with Gasteiger partial charge < -0.3 is 10.6 Å². The van der Waals surface area contributed by atoms with Crippen LogP contribution in [0.2, 0.25) is 0 Å². The Bertz CT molecular complexity index is 882. The summed E-state index contributed by atoms with van der Waals surface area (Å²) in [5, 5.41) is 5.13. The molecule has 0 aliphatic rings. The van der Waals surface area contributed by atoms with Gasteiger partial charge in [0, 0.05) is 37.2 Å². The number of pyridine rings is 1. The third-order valence-corrected chi connectivity index (χ3v) is 4.13. The second-order valence-corrected chi connectivity index (χ2v) is 6.68. The molecule has 0 spiro atoms. The molecular formula is C20H21F4N3O2. The lowest BCUT2D eigenvalue weighted by atomic mass is 10.1. The summed E-state index contributed by atoms with van der Waals surface area (Å²) in [5.74, 6) is -1.75. The quantitative estimate of drug-likeness (QED) is 0.686. The minimum Gasteiger partial charge on any atom is -0.355 e. The van der Waals surface area contributed by atoms with Crippen molar-refractivity contribution in [1.82, 2.24) is 15.6 Å². The number of benzene rings is 1. The SMILES string of the molecule is CC(C)C(=O)NCCc1ncccc1C(=O)NCc1cc(C(F)(F)F)ccc1F. The Kier molecular flexibility index (Phi) is 7.30. The molecule has 1 aromatic heterocycles. The molecular weight excluding hydrogens is 390 g/mol. The second kappa shape index (κ2) is 9.49. The molecule has 2 N–H and O–H groups in total. The molecule has 0 saturated heterocycles. The highest BCUT2D eigenvalue weighted by Crippen LogP contribution is 2.30. The molecule has 0 aliphatic carbocycles. The number of nitrogens with zero attached hydrogens (tertiary/aromatic N) is 1. The predicted octanol–water partition coefficient (Wildman–Crippen LogP) is 3.48. The first-order valence-corrected chi connectivity index (χ1v) is 8.95. The molecule has 1 heterocycles. The van der Waals surface area contributed by atoms with E-state index in [4.69, 9.17) is 0 Å². The van der Waals surface area contributed by atoms with E-state index in [1.807, 2.05) is 0 Å². The summed E-state index contributed by atoms with van der Waals surface area (Å²) < 4.78 is 52.2. The number of carbonyl (C=O) groups is 2. The fourth-order valence-corrected chi connectivity index (χ4v) is 2.51. The molecule has 0 unspecified atom stereocenters. The molecule has 2 aromatic rings. The Morgan fingerprint density at radius 2 is 1.86 bits per heavy atom. The van der Waals surface area contributed by atoms with E-state index in [1.165, 1.54) is 18.3 Å². The highest BCUT2D eigenvalue weighted by Gasteiger charge is 2.31. The zero-order valence-corrected chi connectivity index (χ0v) is 15.9. The summed E-state index contributed by atoms with van der Waals surface area (Å²) in [6, 6.07) is 5.07. The van der Waals surface area contributed by atoms with E-state index < -0.39 is 30.0 Å². The molecule has 0 radical (unpaired) electrons. The van der Waals surface area contributed by atoms with Crippen LogP contribution in [0.15, 0.2) is 36.5 Å². The fraction of sp³-hybridized carbons (Fsp3) is 0.350. The standard InChI is InChI=1S/C20H21F4N3O2/c1-12(2)18(28)26-9-7-17-15(4-3-8-25-17)19(29)27-11-13-10-14(20(22,23)24)5-6-16(13)21/h3-6,8,10,12H,7,9,11H2,1-2H3,(H,26,28)(H,27,29). The number of hydrogen-bond donors (Lipinski definition) is 2. The average molecular weight is 411 g/mol. The van der Waals surface area contributed by atoms with Crippen molar-refractivity contribution in [2.45, 2.75) is 33.0 Å². The highest BCUT2D eigenvalue weighted by molar-refractivity contribution is 5.95. The van der Waals surface area contributed by atoms with Gasteiger partial charge in [0.05, 0.1) is 16.8 Å². The van der Waals surface area contributed by atoms with Gasteiger partial charge in [-0.15, -0.1) is 0 Å². The van der Waals surface area contributed by atoms with Gasteiger partial charge in [-0.1, -0.05) is 13.8 Å². The van der Waals surface area contributed by atoms with Crippen LogP contribution in [0.5, 0.6) is 0 Å². The summed E-state index contributed by atoms with van der Waals surface area (Å²) in [7, 11) is 0. The molecule has 0 aliphatic heterocycles. The Morgan fingerprint density at radius 3 is 2.52 bits per heavy atom. The Hall–Kier alpha value is -2.97. The van der Waals surface area contributed by atoms with Crippen LogP contribution in [0.25, 0.3) is 0 Å². The average Bonchev–Trinajstić information content (AvgIpc) is 2.66. The number of alkyl halides is 3. The van der Waals surface area contributed by atoms with Crippen LogP contribution in [0, 0.1) is 11.7 Å². The van der Waals surface area contributed by atoms with E-state index in [1.54, 1.807) is 13.8 Å². The molecule has 9 heteroatoms. The first kappa shape index (κ1) is 22.3. The Balaban J connectivity index is 2.06. The van der Waals surface area contributed by atoms with Crippen LogP contribution in [0.4, 0.5) is 17.6 Å². The molecule has 156 valence electrons. The number of aromatic nitrogens is 1. The van der Waals surface area contributed by atoms with Crippen LogP contribution in [-0.4, -0.2) is 23.3 Å². The van der Waals surface area contributed by atoms with Crippen molar-refractivity contribution in [1.29, 1.82) is 0 Å². The van der Waals surface area contributed by atoms with Crippen LogP contribution < -0.4 is 10.6 Å². The fourth-order valence-electron chi connectivity index (χ4n) is 2.51. The second-order valence-electron chi connectivity index (χ2n) is 6.68. The molecule has 0 atom stereocenters. The topological polar surface area (TPSA) is 71.1 Å². The number of amides is 2. The monoisotopic (exact) mass is 411 g/mol. The van der Waals surface area contributed by atoms with Gasteiger partial charge >= 0.3 is 6.18 Å². The molecule has 0 fully saturated rings. The highest BCUT2D eigenvalue weighted by atomic mass is 19.4. The van der Waals surface area contributed by atoms with Crippen LogP contribution in [-0.2, 0) is 23.9 Å². The van der Waals surface area contributed by atoms with E-state index in [-0.39, 0.29) is 29.5 Å². The van der Waals surface area contributed by atoms with Gasteiger partial charge in [-0.25, -0.2) is 4.39 Å². The maximum absolute atomic E-state index is 13.8. The van der Waals surface area contributed by atoms with Gasteiger partial charge in [-0.2, -0.15) is 13.2 Å². The molecule has 0 bridgehead atoms. The maximum atomic E-state index is 13.8. The van der Waals surface area contributed by atoms with Crippen LogP contribution in [0.1, 0.15) is 41.0 Å². The lowest BCUT2D eigenvalue weighted by Crippen LogP contribution is -2.30. The normalized spacial score (nSPS) is 11.4. The number of halogens is 4. The molecule has 0 saturated carbocycles. The number of hydrogen-bond acceptors (Lipinski definition) is 3. The lowest BCUT2D eigenvalue weighted by Gasteiger charge is -2.12. The van der Waals surface area contributed by atoms with Crippen LogP contribution in [0.3, 0.4) is 0 Å². The van der Waals surface area contributed by atoms with Crippen molar-refractivity contribution < 1.29 is 27.2 Å². The maximum Gasteiger partial charge on any atom is 0.416 e. The van der Waals surface area contributed by atoms with E-state index in [0.717, 1.165) is 6.07 Å². The minimum atomic E-state index is -4.61. The van der Waals surface area contributed by atoms with Crippen LogP contribution >= 0.6 is 0 Å². The third-order valence-electron chi connectivity index (χ3n) is 4.13. The molecule has 2 amide bonds.